The molecule has 0 fully saturated rings. The van der Waals surface area contributed by atoms with E-state index in [1.54, 1.807) is 54.5 Å². The topological polar surface area (TPSA) is 68.3 Å². The molecule has 2 rings (SSSR count). The van der Waals surface area contributed by atoms with Crippen LogP contribution in [0.1, 0.15) is 63.8 Å². The molecule has 174 valence electrons. The first-order chi connectivity index (χ1) is 13.7. The fraction of sp³-hybridized carbons (Fsp3) is 0.500. The van der Waals surface area contributed by atoms with Gasteiger partial charge in [-0.1, -0.05) is 12.1 Å². The maximum Gasteiger partial charge on any atom is 0.183 e. The summed E-state index contributed by atoms with van der Waals surface area (Å²) in [5.74, 6) is -0.525. The lowest BCUT2D eigenvalue weighted by Gasteiger charge is -2.21. The van der Waals surface area contributed by atoms with Crippen LogP contribution in [-0.2, 0) is 19.7 Å². The second-order valence-corrected chi connectivity index (χ2v) is 15.2. The van der Waals surface area contributed by atoms with Gasteiger partial charge in [-0.2, -0.15) is 0 Å². The average molecular weight is 471 g/mol. The fourth-order valence-electron chi connectivity index (χ4n) is 2.75. The Labute approximate surface area is 187 Å². The molecule has 0 aliphatic heterocycles. The molecule has 0 aliphatic carbocycles. The fourth-order valence-corrected chi connectivity index (χ4v) is 5.64. The molecule has 0 amide bonds. The highest BCUT2D eigenvalue weighted by molar-refractivity contribution is 7.93. The summed E-state index contributed by atoms with van der Waals surface area (Å²) in [6.45, 7) is 17.5. The minimum absolute atomic E-state index is 0.0787. The van der Waals surface area contributed by atoms with E-state index < -0.39 is 35.0 Å². The van der Waals surface area contributed by atoms with E-state index >= 15 is 0 Å². The van der Waals surface area contributed by atoms with Crippen LogP contribution in [-0.4, -0.2) is 26.3 Å². The molecular weight excluding hydrogens is 435 g/mol. The molecule has 0 atom stereocenters. The normalized spacial score (nSPS) is 12.9. The first kappa shape index (κ1) is 27.3. The van der Waals surface area contributed by atoms with E-state index in [9.17, 15) is 21.2 Å². The predicted molar refractivity (Wildman–Crippen MR) is 126 cm³/mol. The smallest absolute Gasteiger partial charge is 0.183 e. The van der Waals surface area contributed by atoms with Crippen LogP contribution in [0.3, 0.4) is 0 Å². The molecule has 0 saturated carbocycles. The SMILES string of the molecule is Cc1cc(C)c(S(=O)(=O)C(C)(C)C)cc1C.Cc1ccc(F)cc1S(=O)(=O)C(C)(C)C. The summed E-state index contributed by atoms with van der Waals surface area (Å²) in [6.07, 6.45) is 0. The number of aryl methyl sites for hydroxylation is 4. The zero-order chi connectivity index (χ0) is 24.6. The third-order valence-electron chi connectivity index (χ3n) is 5.13. The van der Waals surface area contributed by atoms with Gasteiger partial charge in [-0.05, 0) is 110 Å². The molecule has 0 radical (unpaired) electrons. The summed E-state index contributed by atoms with van der Waals surface area (Å²) < 4.78 is 60.1. The second kappa shape index (κ2) is 9.02. The summed E-state index contributed by atoms with van der Waals surface area (Å²) in [6, 6.07) is 7.54. The van der Waals surface area contributed by atoms with Crippen molar-refractivity contribution >= 4 is 19.7 Å². The highest BCUT2D eigenvalue weighted by Gasteiger charge is 2.33. The van der Waals surface area contributed by atoms with Crippen molar-refractivity contribution in [3.05, 3.63) is 58.4 Å². The van der Waals surface area contributed by atoms with E-state index in [1.165, 1.54) is 12.1 Å². The van der Waals surface area contributed by atoms with Crippen molar-refractivity contribution in [1.29, 1.82) is 0 Å². The van der Waals surface area contributed by atoms with Gasteiger partial charge in [0.05, 0.1) is 19.3 Å². The zero-order valence-electron chi connectivity index (χ0n) is 20.2. The van der Waals surface area contributed by atoms with Gasteiger partial charge >= 0.3 is 0 Å². The lowest BCUT2D eigenvalue weighted by Crippen LogP contribution is -2.28. The summed E-state index contributed by atoms with van der Waals surface area (Å²) in [5, 5.41) is 0. The van der Waals surface area contributed by atoms with Crippen LogP contribution in [0, 0.1) is 33.5 Å². The van der Waals surface area contributed by atoms with Gasteiger partial charge < -0.3 is 0 Å². The first-order valence-corrected chi connectivity index (χ1v) is 13.0. The Hall–Kier alpha value is -1.73. The molecule has 7 heteroatoms. The zero-order valence-corrected chi connectivity index (χ0v) is 21.8. The van der Waals surface area contributed by atoms with E-state index in [4.69, 9.17) is 0 Å². The largest absolute Gasteiger partial charge is 0.223 e. The summed E-state index contributed by atoms with van der Waals surface area (Å²) in [4.78, 5) is 0.540. The minimum atomic E-state index is -3.47. The molecule has 0 unspecified atom stereocenters. The molecule has 0 aromatic heterocycles. The van der Waals surface area contributed by atoms with Gasteiger partial charge in [0.1, 0.15) is 5.82 Å². The van der Waals surface area contributed by atoms with Crippen molar-refractivity contribution in [2.45, 2.75) is 88.5 Å². The maximum absolute atomic E-state index is 13.0. The van der Waals surface area contributed by atoms with Crippen LogP contribution in [0.2, 0.25) is 0 Å². The van der Waals surface area contributed by atoms with Crippen LogP contribution in [0.4, 0.5) is 4.39 Å². The predicted octanol–water partition coefficient (Wildman–Crippen LogP) is 5.89. The molecule has 2 aromatic carbocycles. The lowest BCUT2D eigenvalue weighted by molar-refractivity contribution is 0.556. The number of halogens is 1. The third-order valence-corrected chi connectivity index (χ3v) is 10.4. The van der Waals surface area contributed by atoms with E-state index in [-0.39, 0.29) is 4.90 Å². The van der Waals surface area contributed by atoms with Gasteiger partial charge in [0.15, 0.2) is 19.7 Å². The van der Waals surface area contributed by atoms with Crippen molar-refractivity contribution in [2.75, 3.05) is 0 Å². The molecule has 31 heavy (non-hydrogen) atoms. The third kappa shape index (κ3) is 5.95. The molecule has 4 nitrogen and oxygen atoms in total. The lowest BCUT2D eigenvalue weighted by atomic mass is 10.1. The van der Waals surface area contributed by atoms with E-state index in [2.05, 4.69) is 0 Å². The Bertz CT molecular complexity index is 1170. The number of rotatable bonds is 2. The van der Waals surface area contributed by atoms with Gasteiger partial charge in [-0.25, -0.2) is 21.2 Å². The Morgan fingerprint density at radius 1 is 0.581 bits per heavy atom. The molecule has 0 saturated heterocycles. The van der Waals surface area contributed by atoms with E-state index in [0.29, 0.717) is 10.5 Å². The van der Waals surface area contributed by atoms with Crippen molar-refractivity contribution in [2.24, 2.45) is 0 Å². The van der Waals surface area contributed by atoms with Gasteiger partial charge in [-0.3, -0.25) is 0 Å². The molecule has 0 heterocycles. The summed E-state index contributed by atoms with van der Waals surface area (Å²) >= 11 is 0. The number of benzene rings is 2. The first-order valence-electron chi connectivity index (χ1n) is 10.1. The maximum atomic E-state index is 13.0. The van der Waals surface area contributed by atoms with Crippen LogP contribution >= 0.6 is 0 Å². The van der Waals surface area contributed by atoms with Crippen molar-refractivity contribution < 1.29 is 21.2 Å². The number of hydrogen-bond donors (Lipinski definition) is 0. The monoisotopic (exact) mass is 470 g/mol. The van der Waals surface area contributed by atoms with Crippen LogP contribution < -0.4 is 0 Å². The van der Waals surface area contributed by atoms with Crippen molar-refractivity contribution in [3.8, 4) is 0 Å². The molecule has 0 spiro atoms. The Kier molecular flexibility index (Phi) is 7.95. The van der Waals surface area contributed by atoms with Gasteiger partial charge in [-0.15, -0.1) is 0 Å². The van der Waals surface area contributed by atoms with Crippen LogP contribution in [0.5, 0.6) is 0 Å². The highest BCUT2D eigenvalue weighted by atomic mass is 32.2. The molecule has 0 aliphatic rings. The Morgan fingerprint density at radius 2 is 0.968 bits per heavy atom. The summed E-state index contributed by atoms with van der Waals surface area (Å²) in [7, 11) is -6.72. The van der Waals surface area contributed by atoms with Crippen LogP contribution in [0.15, 0.2) is 40.1 Å². The minimum Gasteiger partial charge on any atom is -0.223 e. The standard InChI is InChI=1S/C13H20O2S.C11H15FO2S/c1-9-7-11(3)12(8-10(9)2)16(14,15)13(4,5)6;1-8-5-6-9(12)7-10(8)15(13,14)11(2,3)4/h7-8H,1-6H3;5-7H,1-4H3. The van der Waals surface area contributed by atoms with Crippen molar-refractivity contribution in [1.82, 2.24) is 0 Å². The van der Waals surface area contributed by atoms with Gasteiger partial charge in [0, 0.05) is 0 Å². The van der Waals surface area contributed by atoms with Crippen molar-refractivity contribution in [3.63, 3.8) is 0 Å². The number of hydrogen-bond acceptors (Lipinski definition) is 4. The Balaban J connectivity index is 0.000000311. The quantitative estimate of drug-likeness (QED) is 0.549. The van der Waals surface area contributed by atoms with Crippen LogP contribution in [0.25, 0.3) is 0 Å². The summed E-state index contributed by atoms with van der Waals surface area (Å²) in [5.41, 5.74) is 3.56. The highest BCUT2D eigenvalue weighted by Crippen LogP contribution is 2.29. The molecule has 0 N–H and O–H groups in total. The van der Waals surface area contributed by atoms with E-state index in [0.717, 1.165) is 22.8 Å². The molecule has 0 bridgehead atoms. The average Bonchev–Trinajstić information content (AvgIpc) is 2.58. The molecule has 2 aromatic rings. The number of sulfone groups is 2. The van der Waals surface area contributed by atoms with E-state index in [1.807, 2.05) is 26.8 Å². The second-order valence-electron chi connectivity index (χ2n) is 9.84. The Morgan fingerprint density at radius 3 is 1.39 bits per heavy atom. The molecular formula is C24H35FO4S2. The van der Waals surface area contributed by atoms with Gasteiger partial charge in [0.25, 0.3) is 0 Å². The van der Waals surface area contributed by atoms with Gasteiger partial charge in [0.2, 0.25) is 0 Å².